The van der Waals surface area contributed by atoms with Crippen molar-refractivity contribution in [3.8, 4) is 17.1 Å². The molecular weight excluding hydrogens is 266 g/mol. The van der Waals surface area contributed by atoms with Crippen molar-refractivity contribution in [2.45, 2.75) is 45.1 Å². The predicted octanol–water partition coefficient (Wildman–Crippen LogP) is 2.61. The summed E-state index contributed by atoms with van der Waals surface area (Å²) in [4.78, 5) is 0. The zero-order chi connectivity index (χ0) is 14.9. The molecule has 112 valence electrons. The average molecular weight is 287 g/mol. The first-order valence-electron chi connectivity index (χ1n) is 7.45. The van der Waals surface area contributed by atoms with E-state index < -0.39 is 0 Å². The molecule has 0 saturated heterocycles. The molecule has 1 aromatic heterocycles. The van der Waals surface area contributed by atoms with E-state index in [1.807, 2.05) is 29.8 Å². The van der Waals surface area contributed by atoms with Crippen LogP contribution in [0.2, 0.25) is 0 Å². The van der Waals surface area contributed by atoms with Crippen molar-refractivity contribution in [2.24, 2.45) is 0 Å². The molecule has 0 aliphatic heterocycles. The number of rotatable bonds is 4. The molecule has 0 unspecified atom stereocenters. The summed E-state index contributed by atoms with van der Waals surface area (Å²) < 4.78 is 7.43. The Balaban J connectivity index is 1.98. The van der Waals surface area contributed by atoms with Gasteiger partial charge >= 0.3 is 0 Å². The van der Waals surface area contributed by atoms with E-state index in [-0.39, 0.29) is 5.54 Å². The minimum Gasteiger partial charge on any atom is -0.492 e. The number of anilines is 1. The Kier molecular flexibility index (Phi) is 3.53. The van der Waals surface area contributed by atoms with Gasteiger partial charge < -0.3 is 10.5 Å². The Bertz CT molecular complexity index is 631. The second-order valence-corrected chi connectivity index (χ2v) is 5.80. The van der Waals surface area contributed by atoms with Crippen LogP contribution in [0.5, 0.6) is 5.75 Å². The number of benzene rings is 1. The van der Waals surface area contributed by atoms with Crippen LogP contribution in [0, 0.1) is 0 Å². The van der Waals surface area contributed by atoms with Gasteiger partial charge in [0, 0.05) is 5.56 Å². The lowest BCUT2D eigenvalue weighted by atomic mass is 10.0. The van der Waals surface area contributed by atoms with Gasteiger partial charge in [-0.1, -0.05) is 12.8 Å². The van der Waals surface area contributed by atoms with E-state index in [2.05, 4.69) is 22.4 Å². The van der Waals surface area contributed by atoms with E-state index in [0.29, 0.717) is 18.0 Å². The molecule has 6 nitrogen and oxygen atoms in total. The highest BCUT2D eigenvalue weighted by Gasteiger charge is 2.34. The lowest BCUT2D eigenvalue weighted by Crippen LogP contribution is -2.28. The van der Waals surface area contributed by atoms with Crippen LogP contribution in [-0.4, -0.2) is 26.8 Å². The standard InChI is InChI=1S/C15H21N5O/c1-3-21-13-7-6-11(10-12(13)16)14-17-18-19-20(14)15(2)8-4-5-9-15/h6-7,10H,3-5,8-9,16H2,1-2H3. The van der Waals surface area contributed by atoms with Crippen LogP contribution in [0.15, 0.2) is 18.2 Å². The van der Waals surface area contributed by atoms with Gasteiger partial charge in [-0.2, -0.15) is 0 Å². The minimum atomic E-state index is 0.00614. The van der Waals surface area contributed by atoms with Gasteiger partial charge in [0.05, 0.1) is 17.8 Å². The van der Waals surface area contributed by atoms with Gasteiger partial charge in [0.2, 0.25) is 0 Å². The Hall–Kier alpha value is -2.11. The first kappa shape index (κ1) is 13.9. The van der Waals surface area contributed by atoms with E-state index in [0.717, 1.165) is 24.2 Å². The van der Waals surface area contributed by atoms with Crippen LogP contribution in [-0.2, 0) is 5.54 Å². The Morgan fingerprint density at radius 2 is 2.10 bits per heavy atom. The van der Waals surface area contributed by atoms with Gasteiger partial charge in [0.15, 0.2) is 5.82 Å². The highest BCUT2D eigenvalue weighted by atomic mass is 16.5. The molecule has 0 spiro atoms. The molecule has 2 aromatic rings. The number of ether oxygens (including phenoxy) is 1. The average Bonchev–Trinajstić information content (AvgIpc) is 3.11. The summed E-state index contributed by atoms with van der Waals surface area (Å²) in [5, 5.41) is 12.3. The van der Waals surface area contributed by atoms with Crippen molar-refractivity contribution in [3.63, 3.8) is 0 Å². The highest BCUT2D eigenvalue weighted by molar-refractivity contribution is 5.66. The molecule has 6 heteroatoms. The van der Waals surface area contributed by atoms with Crippen molar-refractivity contribution in [3.05, 3.63) is 18.2 Å². The highest BCUT2D eigenvalue weighted by Crippen LogP contribution is 2.38. The van der Waals surface area contributed by atoms with Crippen molar-refractivity contribution in [1.82, 2.24) is 20.2 Å². The molecule has 21 heavy (non-hydrogen) atoms. The maximum absolute atomic E-state index is 6.05. The summed E-state index contributed by atoms with van der Waals surface area (Å²) in [5.41, 5.74) is 7.59. The van der Waals surface area contributed by atoms with Crippen molar-refractivity contribution in [2.75, 3.05) is 12.3 Å². The second kappa shape index (κ2) is 5.35. The van der Waals surface area contributed by atoms with Crippen molar-refractivity contribution >= 4 is 5.69 Å². The molecule has 0 atom stereocenters. The summed E-state index contributed by atoms with van der Waals surface area (Å²) in [6.07, 6.45) is 4.66. The van der Waals surface area contributed by atoms with Crippen molar-refractivity contribution in [1.29, 1.82) is 0 Å². The maximum Gasteiger partial charge on any atom is 0.182 e. The molecule has 2 N–H and O–H groups in total. The SMILES string of the molecule is CCOc1ccc(-c2nnnn2C2(C)CCCC2)cc1N. The molecule has 0 radical (unpaired) electrons. The topological polar surface area (TPSA) is 78.9 Å². The van der Waals surface area contributed by atoms with Gasteiger partial charge in [0.25, 0.3) is 0 Å². The molecule has 1 aliphatic carbocycles. The summed E-state index contributed by atoms with van der Waals surface area (Å²) in [7, 11) is 0. The van der Waals surface area contributed by atoms with Gasteiger partial charge in [-0.15, -0.1) is 5.10 Å². The van der Waals surface area contributed by atoms with Crippen LogP contribution in [0.1, 0.15) is 39.5 Å². The number of nitrogen functional groups attached to an aromatic ring is 1. The Labute approximate surface area is 124 Å². The van der Waals surface area contributed by atoms with Crippen LogP contribution in [0.25, 0.3) is 11.4 Å². The summed E-state index contributed by atoms with van der Waals surface area (Å²) in [6.45, 7) is 4.76. The Morgan fingerprint density at radius 1 is 1.33 bits per heavy atom. The van der Waals surface area contributed by atoms with Crippen LogP contribution in [0.4, 0.5) is 5.69 Å². The smallest absolute Gasteiger partial charge is 0.182 e. The van der Waals surface area contributed by atoms with Crippen LogP contribution >= 0.6 is 0 Å². The lowest BCUT2D eigenvalue weighted by molar-refractivity contribution is 0.292. The third kappa shape index (κ3) is 2.46. The van der Waals surface area contributed by atoms with E-state index in [1.54, 1.807) is 0 Å². The predicted molar refractivity (Wildman–Crippen MR) is 81.0 cm³/mol. The summed E-state index contributed by atoms with van der Waals surface area (Å²) in [5.74, 6) is 1.47. The van der Waals surface area contributed by atoms with Gasteiger partial charge in [-0.05, 0) is 55.3 Å². The first-order chi connectivity index (χ1) is 10.1. The maximum atomic E-state index is 6.05. The normalized spacial score (nSPS) is 17.0. The molecule has 1 aromatic carbocycles. The van der Waals surface area contributed by atoms with E-state index in [4.69, 9.17) is 10.5 Å². The van der Waals surface area contributed by atoms with Crippen LogP contribution < -0.4 is 10.5 Å². The third-order valence-electron chi connectivity index (χ3n) is 4.23. The Morgan fingerprint density at radius 3 is 2.76 bits per heavy atom. The number of tetrazole rings is 1. The van der Waals surface area contributed by atoms with E-state index in [1.165, 1.54) is 12.8 Å². The fourth-order valence-electron chi connectivity index (χ4n) is 3.05. The molecule has 1 heterocycles. The number of hydrogen-bond donors (Lipinski definition) is 1. The molecular formula is C15H21N5O. The summed E-state index contributed by atoms with van der Waals surface area (Å²) in [6, 6.07) is 5.72. The molecule has 0 bridgehead atoms. The monoisotopic (exact) mass is 287 g/mol. The van der Waals surface area contributed by atoms with Crippen molar-refractivity contribution < 1.29 is 4.74 Å². The van der Waals surface area contributed by atoms with E-state index in [9.17, 15) is 0 Å². The zero-order valence-electron chi connectivity index (χ0n) is 12.5. The summed E-state index contributed by atoms with van der Waals surface area (Å²) >= 11 is 0. The fourth-order valence-corrected chi connectivity index (χ4v) is 3.05. The van der Waals surface area contributed by atoms with E-state index >= 15 is 0 Å². The van der Waals surface area contributed by atoms with Gasteiger partial charge in [-0.25, -0.2) is 4.68 Å². The lowest BCUT2D eigenvalue weighted by Gasteiger charge is -2.24. The first-order valence-corrected chi connectivity index (χ1v) is 7.45. The molecule has 1 fully saturated rings. The quantitative estimate of drug-likeness (QED) is 0.874. The second-order valence-electron chi connectivity index (χ2n) is 5.80. The number of nitrogens with zero attached hydrogens (tertiary/aromatic N) is 4. The minimum absolute atomic E-state index is 0.00614. The number of aromatic nitrogens is 4. The molecule has 0 amide bonds. The largest absolute Gasteiger partial charge is 0.492 e. The third-order valence-corrected chi connectivity index (χ3v) is 4.23. The van der Waals surface area contributed by atoms with Crippen LogP contribution in [0.3, 0.4) is 0 Å². The molecule has 1 aliphatic rings. The number of hydrogen-bond acceptors (Lipinski definition) is 5. The fraction of sp³-hybridized carbons (Fsp3) is 0.533. The molecule has 3 rings (SSSR count). The van der Waals surface area contributed by atoms with Gasteiger partial charge in [-0.3, -0.25) is 0 Å². The number of nitrogens with two attached hydrogens (primary N) is 1. The van der Waals surface area contributed by atoms with Gasteiger partial charge in [0.1, 0.15) is 5.75 Å². The molecule has 1 saturated carbocycles. The zero-order valence-corrected chi connectivity index (χ0v) is 12.5.